The lowest BCUT2D eigenvalue weighted by Crippen LogP contribution is -2.40. The highest BCUT2D eigenvalue weighted by atomic mass is 16.5. The molecule has 1 aliphatic rings. The first-order valence-corrected chi connectivity index (χ1v) is 11.1. The van der Waals surface area contributed by atoms with Crippen molar-refractivity contribution in [2.24, 2.45) is 0 Å². The number of aromatic carboxylic acids is 1. The Labute approximate surface area is 184 Å². The molecule has 0 radical (unpaired) electrons. The van der Waals surface area contributed by atoms with Crippen LogP contribution in [-0.2, 0) is 17.7 Å². The molecule has 0 bridgehead atoms. The van der Waals surface area contributed by atoms with Crippen LogP contribution in [0.1, 0.15) is 64.4 Å². The number of hydrogen-bond acceptors (Lipinski definition) is 4. The minimum atomic E-state index is -0.928. The summed E-state index contributed by atoms with van der Waals surface area (Å²) in [6, 6.07) is 12.8. The minimum absolute atomic E-state index is 0.0368. The summed E-state index contributed by atoms with van der Waals surface area (Å²) in [5, 5.41) is 12.5. The van der Waals surface area contributed by atoms with Crippen LogP contribution in [0.25, 0.3) is 0 Å². The van der Waals surface area contributed by atoms with Gasteiger partial charge in [-0.2, -0.15) is 0 Å². The lowest BCUT2D eigenvalue weighted by atomic mass is 10.0. The van der Waals surface area contributed by atoms with Crippen LogP contribution in [0, 0.1) is 0 Å². The topological polar surface area (TPSA) is 78.9 Å². The predicted molar refractivity (Wildman–Crippen MR) is 122 cm³/mol. The molecule has 1 saturated heterocycles. The van der Waals surface area contributed by atoms with Crippen molar-refractivity contribution in [3.63, 3.8) is 0 Å². The third-order valence-corrected chi connectivity index (χ3v) is 5.64. The molecule has 1 fully saturated rings. The zero-order chi connectivity index (χ0) is 22.1. The molecule has 0 aliphatic carbocycles. The molecule has 166 valence electrons. The summed E-state index contributed by atoms with van der Waals surface area (Å²) in [7, 11) is 0. The van der Waals surface area contributed by atoms with Gasteiger partial charge in [0, 0.05) is 30.9 Å². The normalized spacial score (nSPS) is 13.8. The number of hydrogen-bond donors (Lipinski definition) is 2. The van der Waals surface area contributed by atoms with Gasteiger partial charge in [-0.05, 0) is 48.2 Å². The summed E-state index contributed by atoms with van der Waals surface area (Å²) in [5.74, 6) is -0.891. The molecule has 6 nitrogen and oxygen atoms in total. The number of unbranched alkanes of at least 4 members (excludes halogenated alkanes) is 3. The molecule has 6 heteroatoms. The molecular weight excluding hydrogens is 392 g/mol. The molecule has 31 heavy (non-hydrogen) atoms. The Hall–Kier alpha value is -2.86. The summed E-state index contributed by atoms with van der Waals surface area (Å²) in [4.78, 5) is 25.8. The maximum absolute atomic E-state index is 12.9. The fourth-order valence-electron chi connectivity index (χ4n) is 3.75. The van der Waals surface area contributed by atoms with Crippen molar-refractivity contribution in [3.05, 3.63) is 64.7 Å². The quantitative estimate of drug-likeness (QED) is 0.545. The van der Waals surface area contributed by atoms with Gasteiger partial charge in [0.05, 0.1) is 18.8 Å². The summed E-state index contributed by atoms with van der Waals surface area (Å²) < 4.78 is 5.36. The van der Waals surface area contributed by atoms with Crippen LogP contribution in [0.2, 0.25) is 0 Å². The van der Waals surface area contributed by atoms with Crippen LogP contribution in [-0.4, -0.2) is 48.2 Å². The number of ether oxygens (including phenoxy) is 1. The molecule has 0 aromatic heterocycles. The fraction of sp³-hybridized carbons (Fsp3) is 0.440. The van der Waals surface area contributed by atoms with E-state index in [9.17, 15) is 9.59 Å². The number of nitrogens with zero attached hydrogens (tertiary/aromatic N) is 1. The van der Waals surface area contributed by atoms with Gasteiger partial charge in [-0.3, -0.25) is 4.79 Å². The Morgan fingerprint density at radius 1 is 1.00 bits per heavy atom. The van der Waals surface area contributed by atoms with Crippen LogP contribution in [0.15, 0.2) is 42.5 Å². The number of aryl methyl sites for hydroxylation is 1. The number of carboxylic acids is 1. The highest BCUT2D eigenvalue weighted by Crippen LogP contribution is 2.23. The molecule has 3 rings (SSSR count). The zero-order valence-corrected chi connectivity index (χ0v) is 18.2. The van der Waals surface area contributed by atoms with E-state index < -0.39 is 5.97 Å². The first kappa shape index (κ1) is 22.8. The van der Waals surface area contributed by atoms with Crippen LogP contribution < -0.4 is 5.32 Å². The second kappa shape index (κ2) is 11.5. The van der Waals surface area contributed by atoms with E-state index in [0.717, 1.165) is 24.1 Å². The molecular formula is C25H32N2O4. The maximum Gasteiger partial charge on any atom is 0.335 e. The average Bonchev–Trinajstić information content (AvgIpc) is 2.81. The number of amides is 1. The number of carbonyl (C=O) groups excluding carboxylic acids is 1. The highest BCUT2D eigenvalue weighted by molar-refractivity contribution is 5.95. The van der Waals surface area contributed by atoms with Crippen molar-refractivity contribution in [3.8, 4) is 0 Å². The van der Waals surface area contributed by atoms with Gasteiger partial charge in [0.25, 0.3) is 5.91 Å². The first-order chi connectivity index (χ1) is 15.1. The van der Waals surface area contributed by atoms with Crippen LogP contribution >= 0.6 is 0 Å². The summed E-state index contributed by atoms with van der Waals surface area (Å²) in [6.07, 6.45) is 5.71. The van der Waals surface area contributed by atoms with E-state index in [1.807, 2.05) is 29.2 Å². The SMILES string of the molecule is CCCCCCc1ccc(C(=O)N2CCOCC2)cc1NCc1ccc(C(=O)O)cc1. The molecule has 1 aliphatic heterocycles. The third kappa shape index (κ3) is 6.56. The number of nitrogens with one attached hydrogen (secondary N) is 1. The second-order valence-electron chi connectivity index (χ2n) is 7.94. The molecule has 0 atom stereocenters. The monoisotopic (exact) mass is 424 g/mol. The number of morpholine rings is 1. The van der Waals surface area contributed by atoms with Crippen LogP contribution in [0.5, 0.6) is 0 Å². The Kier molecular flexibility index (Phi) is 8.47. The van der Waals surface area contributed by atoms with E-state index in [4.69, 9.17) is 9.84 Å². The number of carbonyl (C=O) groups is 2. The van der Waals surface area contributed by atoms with E-state index in [0.29, 0.717) is 38.4 Å². The summed E-state index contributed by atoms with van der Waals surface area (Å²) >= 11 is 0. The van der Waals surface area contributed by atoms with Crippen molar-refractivity contribution in [1.29, 1.82) is 0 Å². The molecule has 2 aromatic carbocycles. The van der Waals surface area contributed by atoms with Crippen molar-refractivity contribution < 1.29 is 19.4 Å². The van der Waals surface area contributed by atoms with Gasteiger partial charge in [0.15, 0.2) is 0 Å². The first-order valence-electron chi connectivity index (χ1n) is 11.1. The molecule has 0 unspecified atom stereocenters. The Morgan fingerprint density at radius 2 is 1.71 bits per heavy atom. The van der Waals surface area contributed by atoms with E-state index in [2.05, 4.69) is 18.3 Å². The van der Waals surface area contributed by atoms with Crippen molar-refractivity contribution in [2.75, 3.05) is 31.6 Å². The van der Waals surface area contributed by atoms with Crippen molar-refractivity contribution >= 4 is 17.6 Å². The van der Waals surface area contributed by atoms with E-state index >= 15 is 0 Å². The molecule has 0 saturated carbocycles. The predicted octanol–water partition coefficient (Wildman–Crippen LogP) is 4.59. The third-order valence-electron chi connectivity index (χ3n) is 5.64. The van der Waals surface area contributed by atoms with Crippen LogP contribution in [0.4, 0.5) is 5.69 Å². The molecule has 2 aromatic rings. The smallest absolute Gasteiger partial charge is 0.335 e. The standard InChI is InChI=1S/C25H32N2O4/c1-2-3-4-5-6-20-11-12-22(24(28)27-13-15-31-16-14-27)17-23(20)26-18-19-7-9-21(10-8-19)25(29)30/h7-12,17,26H,2-6,13-16,18H2,1H3,(H,29,30). The van der Waals surface area contributed by atoms with Gasteiger partial charge < -0.3 is 20.1 Å². The number of carboxylic acid groups (broad SMARTS) is 1. The van der Waals surface area contributed by atoms with Gasteiger partial charge in [0.1, 0.15) is 0 Å². The van der Waals surface area contributed by atoms with Gasteiger partial charge >= 0.3 is 5.97 Å². The zero-order valence-electron chi connectivity index (χ0n) is 18.2. The van der Waals surface area contributed by atoms with Gasteiger partial charge in [-0.25, -0.2) is 4.79 Å². The lowest BCUT2D eigenvalue weighted by molar-refractivity contribution is 0.0303. The number of rotatable bonds is 10. The lowest BCUT2D eigenvalue weighted by Gasteiger charge is -2.27. The highest BCUT2D eigenvalue weighted by Gasteiger charge is 2.19. The Morgan fingerprint density at radius 3 is 2.39 bits per heavy atom. The summed E-state index contributed by atoms with van der Waals surface area (Å²) in [6.45, 7) is 5.18. The van der Waals surface area contributed by atoms with Crippen molar-refractivity contribution in [1.82, 2.24) is 4.90 Å². The minimum Gasteiger partial charge on any atom is -0.478 e. The van der Waals surface area contributed by atoms with Gasteiger partial charge in [-0.1, -0.05) is 44.4 Å². The molecule has 2 N–H and O–H groups in total. The fourth-order valence-corrected chi connectivity index (χ4v) is 3.75. The van der Waals surface area contributed by atoms with E-state index in [1.165, 1.54) is 24.8 Å². The molecule has 1 amide bonds. The number of anilines is 1. The largest absolute Gasteiger partial charge is 0.478 e. The van der Waals surface area contributed by atoms with E-state index in [1.54, 1.807) is 12.1 Å². The maximum atomic E-state index is 12.9. The van der Waals surface area contributed by atoms with Gasteiger partial charge in [0.2, 0.25) is 0 Å². The Bertz CT molecular complexity index is 874. The van der Waals surface area contributed by atoms with Crippen molar-refractivity contribution in [2.45, 2.75) is 45.6 Å². The molecule has 0 spiro atoms. The summed E-state index contributed by atoms with van der Waals surface area (Å²) in [5.41, 5.74) is 4.13. The average molecular weight is 425 g/mol. The Balaban J connectivity index is 1.74. The van der Waals surface area contributed by atoms with E-state index in [-0.39, 0.29) is 11.5 Å². The van der Waals surface area contributed by atoms with Crippen LogP contribution in [0.3, 0.4) is 0 Å². The van der Waals surface area contributed by atoms with Gasteiger partial charge in [-0.15, -0.1) is 0 Å². The second-order valence-corrected chi connectivity index (χ2v) is 7.94. The molecule has 1 heterocycles. The number of benzene rings is 2.